The van der Waals surface area contributed by atoms with E-state index in [1.54, 1.807) is 6.33 Å². The van der Waals surface area contributed by atoms with Crippen molar-refractivity contribution in [2.45, 2.75) is 12.8 Å². The van der Waals surface area contributed by atoms with Gasteiger partial charge < -0.3 is 0 Å². The standard InChI is InChI=1S/C13H15BrClN3/c1-18-13(16-9-17-18)7-11(8-14)5-10-3-2-4-12(15)6-10/h2-4,6,9,11H,5,7-8H2,1H3. The molecule has 3 nitrogen and oxygen atoms in total. The SMILES string of the molecule is Cn1ncnc1CC(CBr)Cc1cccc(Cl)c1. The molecular formula is C13H15BrClN3. The lowest BCUT2D eigenvalue weighted by Gasteiger charge is -2.13. The molecule has 0 amide bonds. The van der Waals surface area contributed by atoms with Gasteiger partial charge in [0.15, 0.2) is 0 Å². The lowest BCUT2D eigenvalue weighted by molar-refractivity contribution is 0.548. The summed E-state index contributed by atoms with van der Waals surface area (Å²) in [7, 11) is 1.92. The predicted octanol–water partition coefficient (Wildman–Crippen LogP) is 3.26. The Morgan fingerprint density at radius 1 is 1.39 bits per heavy atom. The van der Waals surface area contributed by atoms with E-state index in [0.717, 1.165) is 29.0 Å². The Hall–Kier alpha value is -0.870. The third kappa shape index (κ3) is 3.56. The van der Waals surface area contributed by atoms with E-state index in [-0.39, 0.29) is 0 Å². The molecular weight excluding hydrogens is 314 g/mol. The van der Waals surface area contributed by atoms with E-state index < -0.39 is 0 Å². The minimum atomic E-state index is 0.492. The van der Waals surface area contributed by atoms with E-state index in [1.165, 1.54) is 5.56 Å². The molecule has 18 heavy (non-hydrogen) atoms. The maximum absolute atomic E-state index is 6.00. The maximum atomic E-state index is 6.00. The summed E-state index contributed by atoms with van der Waals surface area (Å²) in [5.41, 5.74) is 1.26. The number of hydrogen-bond acceptors (Lipinski definition) is 2. The summed E-state index contributed by atoms with van der Waals surface area (Å²) < 4.78 is 1.83. The van der Waals surface area contributed by atoms with Crippen LogP contribution in [0.5, 0.6) is 0 Å². The highest BCUT2D eigenvalue weighted by Gasteiger charge is 2.12. The molecule has 0 saturated carbocycles. The number of aryl methyl sites for hydroxylation is 1. The molecule has 2 rings (SSSR count). The summed E-state index contributed by atoms with van der Waals surface area (Å²) in [4.78, 5) is 4.27. The van der Waals surface area contributed by atoms with E-state index in [2.05, 4.69) is 32.1 Å². The summed E-state index contributed by atoms with van der Waals surface area (Å²) in [6.07, 6.45) is 3.49. The first-order valence-corrected chi connectivity index (χ1v) is 7.32. The van der Waals surface area contributed by atoms with Crippen molar-refractivity contribution in [3.8, 4) is 0 Å². The molecule has 0 spiro atoms. The fraction of sp³-hybridized carbons (Fsp3) is 0.385. The van der Waals surface area contributed by atoms with Crippen LogP contribution in [0, 0.1) is 5.92 Å². The van der Waals surface area contributed by atoms with Gasteiger partial charge in [0.1, 0.15) is 12.2 Å². The summed E-state index contributed by atoms with van der Waals surface area (Å²) in [5.74, 6) is 1.51. The van der Waals surface area contributed by atoms with Crippen LogP contribution in [0.25, 0.3) is 0 Å². The van der Waals surface area contributed by atoms with Crippen LogP contribution in [0.15, 0.2) is 30.6 Å². The molecule has 2 aromatic rings. The molecule has 0 aliphatic rings. The van der Waals surface area contributed by atoms with E-state index in [1.807, 2.05) is 29.9 Å². The van der Waals surface area contributed by atoms with Gasteiger partial charge in [0, 0.05) is 23.8 Å². The van der Waals surface area contributed by atoms with Crippen molar-refractivity contribution < 1.29 is 0 Å². The number of nitrogens with zero attached hydrogens (tertiary/aromatic N) is 3. The molecule has 0 saturated heterocycles. The van der Waals surface area contributed by atoms with Gasteiger partial charge in [-0.1, -0.05) is 39.7 Å². The Morgan fingerprint density at radius 2 is 2.22 bits per heavy atom. The molecule has 1 atom stereocenters. The van der Waals surface area contributed by atoms with Crippen molar-refractivity contribution in [3.63, 3.8) is 0 Å². The zero-order chi connectivity index (χ0) is 13.0. The Bertz CT molecular complexity index is 512. The maximum Gasteiger partial charge on any atom is 0.138 e. The lowest BCUT2D eigenvalue weighted by atomic mass is 9.98. The first-order chi connectivity index (χ1) is 8.69. The van der Waals surface area contributed by atoms with Crippen LogP contribution >= 0.6 is 27.5 Å². The van der Waals surface area contributed by atoms with Crippen molar-refractivity contribution in [1.29, 1.82) is 0 Å². The molecule has 1 heterocycles. The highest BCUT2D eigenvalue weighted by Crippen LogP contribution is 2.18. The topological polar surface area (TPSA) is 30.7 Å². The monoisotopic (exact) mass is 327 g/mol. The van der Waals surface area contributed by atoms with Crippen molar-refractivity contribution in [2.24, 2.45) is 13.0 Å². The van der Waals surface area contributed by atoms with Crippen LogP contribution in [0.3, 0.4) is 0 Å². The van der Waals surface area contributed by atoms with Crippen LogP contribution in [-0.4, -0.2) is 20.1 Å². The van der Waals surface area contributed by atoms with Gasteiger partial charge in [-0.25, -0.2) is 4.98 Å². The molecule has 0 N–H and O–H groups in total. The van der Waals surface area contributed by atoms with Gasteiger partial charge >= 0.3 is 0 Å². The van der Waals surface area contributed by atoms with Crippen molar-refractivity contribution in [2.75, 3.05) is 5.33 Å². The fourth-order valence-electron chi connectivity index (χ4n) is 1.94. The second-order valence-corrected chi connectivity index (χ2v) is 5.44. The van der Waals surface area contributed by atoms with E-state index in [4.69, 9.17) is 11.6 Å². The Balaban J connectivity index is 2.04. The molecule has 1 aromatic heterocycles. The molecule has 0 bridgehead atoms. The number of aromatic nitrogens is 3. The number of alkyl halides is 1. The van der Waals surface area contributed by atoms with Gasteiger partial charge in [-0.15, -0.1) is 0 Å². The number of halogens is 2. The Kier molecular flexibility index (Phi) is 4.78. The van der Waals surface area contributed by atoms with Crippen molar-refractivity contribution in [1.82, 2.24) is 14.8 Å². The summed E-state index contributed by atoms with van der Waals surface area (Å²) in [6.45, 7) is 0. The zero-order valence-electron chi connectivity index (χ0n) is 10.2. The molecule has 0 aliphatic carbocycles. The number of benzene rings is 1. The molecule has 0 aliphatic heterocycles. The normalized spacial score (nSPS) is 12.6. The summed E-state index contributed by atoms with van der Waals surface area (Å²) >= 11 is 9.57. The van der Waals surface area contributed by atoms with Gasteiger partial charge in [-0.05, 0) is 30.0 Å². The largest absolute Gasteiger partial charge is 0.253 e. The third-order valence-electron chi connectivity index (χ3n) is 2.91. The first-order valence-electron chi connectivity index (χ1n) is 5.82. The van der Waals surface area contributed by atoms with Crippen molar-refractivity contribution in [3.05, 3.63) is 47.0 Å². The average molecular weight is 329 g/mol. The molecule has 96 valence electrons. The second kappa shape index (κ2) is 6.34. The molecule has 5 heteroatoms. The Morgan fingerprint density at radius 3 is 2.83 bits per heavy atom. The van der Waals surface area contributed by atoms with Gasteiger partial charge in [-0.3, -0.25) is 4.68 Å². The van der Waals surface area contributed by atoms with Crippen LogP contribution in [0.1, 0.15) is 11.4 Å². The fourth-order valence-corrected chi connectivity index (χ4v) is 2.61. The highest BCUT2D eigenvalue weighted by molar-refractivity contribution is 9.09. The quantitative estimate of drug-likeness (QED) is 0.789. The first kappa shape index (κ1) is 13.6. The molecule has 1 aromatic carbocycles. The van der Waals surface area contributed by atoms with Gasteiger partial charge in [0.2, 0.25) is 0 Å². The third-order valence-corrected chi connectivity index (χ3v) is 4.06. The molecule has 0 radical (unpaired) electrons. The molecule has 1 unspecified atom stereocenters. The van der Waals surface area contributed by atoms with Gasteiger partial charge in [0.05, 0.1) is 0 Å². The van der Waals surface area contributed by atoms with Crippen LogP contribution in [0.4, 0.5) is 0 Å². The number of hydrogen-bond donors (Lipinski definition) is 0. The van der Waals surface area contributed by atoms with Crippen LogP contribution < -0.4 is 0 Å². The van der Waals surface area contributed by atoms with Crippen LogP contribution in [0.2, 0.25) is 5.02 Å². The average Bonchev–Trinajstić information content (AvgIpc) is 2.74. The number of rotatable bonds is 5. The van der Waals surface area contributed by atoms with Gasteiger partial charge in [-0.2, -0.15) is 5.10 Å². The zero-order valence-corrected chi connectivity index (χ0v) is 12.5. The van der Waals surface area contributed by atoms with E-state index in [0.29, 0.717) is 5.92 Å². The second-order valence-electron chi connectivity index (χ2n) is 4.36. The minimum Gasteiger partial charge on any atom is -0.253 e. The predicted molar refractivity (Wildman–Crippen MR) is 77.1 cm³/mol. The van der Waals surface area contributed by atoms with Gasteiger partial charge in [0.25, 0.3) is 0 Å². The highest BCUT2D eigenvalue weighted by atomic mass is 79.9. The summed E-state index contributed by atoms with van der Waals surface area (Å²) in [5, 5.41) is 5.82. The van der Waals surface area contributed by atoms with E-state index in [9.17, 15) is 0 Å². The summed E-state index contributed by atoms with van der Waals surface area (Å²) in [6, 6.07) is 8.02. The Labute approximate surface area is 120 Å². The van der Waals surface area contributed by atoms with Crippen LogP contribution in [-0.2, 0) is 19.9 Å². The smallest absolute Gasteiger partial charge is 0.138 e. The van der Waals surface area contributed by atoms with Crippen molar-refractivity contribution >= 4 is 27.5 Å². The lowest BCUT2D eigenvalue weighted by Crippen LogP contribution is -2.13. The van der Waals surface area contributed by atoms with E-state index >= 15 is 0 Å². The minimum absolute atomic E-state index is 0.492. The molecule has 0 fully saturated rings.